The third-order valence-electron chi connectivity index (χ3n) is 6.06. The third kappa shape index (κ3) is 5.16. The van der Waals surface area contributed by atoms with E-state index in [-0.39, 0.29) is 5.91 Å². The molecule has 2 aromatic heterocycles. The lowest BCUT2D eigenvalue weighted by molar-refractivity contribution is -0.672. The molecule has 0 aliphatic rings. The summed E-state index contributed by atoms with van der Waals surface area (Å²) in [6, 6.07) is 14.2. The molecule has 2 heterocycles. The largest absolute Gasteiger partial charge is 0.475 e. The average molecular weight is 473 g/mol. The van der Waals surface area contributed by atoms with Gasteiger partial charge in [-0.25, -0.2) is 23.3 Å². The van der Waals surface area contributed by atoms with Crippen molar-refractivity contribution >= 4 is 23.2 Å². The van der Waals surface area contributed by atoms with Crippen molar-refractivity contribution < 1.29 is 18.7 Å². The van der Waals surface area contributed by atoms with Crippen LogP contribution in [0.5, 0.6) is 0 Å². The van der Waals surface area contributed by atoms with Crippen molar-refractivity contribution in [2.75, 3.05) is 12.4 Å². The maximum atomic E-state index is 12.6. The number of hydrogen-bond donors (Lipinski definition) is 1. The van der Waals surface area contributed by atoms with E-state index in [0.29, 0.717) is 11.7 Å². The minimum Gasteiger partial charge on any atom is -0.475 e. The lowest BCUT2D eigenvalue weighted by atomic mass is 10.0. The quantitative estimate of drug-likeness (QED) is 0.266. The number of nitrogens with one attached hydrogen (secondary N) is 1. The summed E-state index contributed by atoms with van der Waals surface area (Å²) < 4.78 is 13.2. The Morgan fingerprint density at radius 2 is 1.54 bits per heavy atom. The van der Waals surface area contributed by atoms with Gasteiger partial charge in [-0.2, -0.15) is 0 Å². The summed E-state index contributed by atoms with van der Waals surface area (Å²) in [5.41, 5.74) is 5.07. The first kappa shape index (κ1) is 23.9. The summed E-state index contributed by atoms with van der Waals surface area (Å²) in [5, 5.41) is 2.97. The van der Waals surface area contributed by atoms with Gasteiger partial charge in [0.05, 0.1) is 41.0 Å². The van der Waals surface area contributed by atoms with Crippen LogP contribution in [0.25, 0.3) is 0 Å². The number of aliphatic imine (C=N–C) groups is 1. The van der Waals surface area contributed by atoms with E-state index in [1.807, 2.05) is 92.4 Å². The molecule has 8 heteroatoms. The van der Waals surface area contributed by atoms with Crippen molar-refractivity contribution in [3.05, 3.63) is 95.6 Å². The molecule has 0 bridgehead atoms. The molecule has 0 saturated heterocycles. The summed E-state index contributed by atoms with van der Waals surface area (Å²) in [4.78, 5) is 17.4. The molecule has 0 saturated carbocycles. The second-order valence-corrected chi connectivity index (χ2v) is 8.76. The van der Waals surface area contributed by atoms with Crippen LogP contribution in [-0.4, -0.2) is 28.0 Å². The van der Waals surface area contributed by atoms with Crippen molar-refractivity contribution in [1.29, 1.82) is 0 Å². The maximum absolute atomic E-state index is 12.6. The number of ether oxygens (including phenoxy) is 1. The number of benzene rings is 2. The summed E-state index contributed by atoms with van der Waals surface area (Å²) in [5.74, 6) is 1.91. The first-order chi connectivity index (χ1) is 16.8. The van der Waals surface area contributed by atoms with Gasteiger partial charge >= 0.3 is 23.5 Å². The van der Waals surface area contributed by atoms with Gasteiger partial charge in [-0.3, -0.25) is 4.79 Å². The minimum absolute atomic E-state index is 0.140. The second-order valence-electron chi connectivity index (χ2n) is 8.76. The molecule has 35 heavy (non-hydrogen) atoms. The molecule has 0 spiro atoms. The number of hydrogen-bond acceptors (Lipinski definition) is 3. The van der Waals surface area contributed by atoms with E-state index in [0.717, 1.165) is 34.7 Å². The van der Waals surface area contributed by atoms with Crippen LogP contribution in [0.3, 0.4) is 0 Å². The van der Waals surface area contributed by atoms with E-state index in [4.69, 9.17) is 9.73 Å². The van der Waals surface area contributed by atoms with Crippen LogP contribution < -0.4 is 14.5 Å². The Morgan fingerprint density at radius 3 is 2.09 bits per heavy atom. The molecule has 0 aliphatic carbocycles. The predicted molar refractivity (Wildman–Crippen MR) is 135 cm³/mol. The van der Waals surface area contributed by atoms with E-state index in [9.17, 15) is 4.79 Å². The van der Waals surface area contributed by atoms with Crippen molar-refractivity contribution in [2.45, 2.75) is 13.3 Å². The molecule has 0 radical (unpaired) electrons. The van der Waals surface area contributed by atoms with E-state index >= 15 is 0 Å². The molecular formula is C27H32N6O2+2. The third-order valence-corrected chi connectivity index (χ3v) is 6.06. The topological polar surface area (TPSA) is 68.3 Å². The molecule has 180 valence electrons. The molecule has 0 fully saturated rings. The number of carbonyl (C=O) groups excluding carboxylic acids is 1. The van der Waals surface area contributed by atoms with Crippen molar-refractivity contribution in [1.82, 2.24) is 9.13 Å². The molecule has 1 amide bonds. The summed E-state index contributed by atoms with van der Waals surface area (Å²) in [7, 11) is 9.29. The van der Waals surface area contributed by atoms with Crippen LogP contribution in [0.2, 0.25) is 0 Å². The van der Waals surface area contributed by atoms with Crippen molar-refractivity contribution in [2.24, 2.45) is 33.2 Å². The van der Waals surface area contributed by atoms with Gasteiger partial charge in [0.2, 0.25) is 0 Å². The fourth-order valence-electron chi connectivity index (χ4n) is 4.18. The molecule has 1 N–H and O–H groups in total. The van der Waals surface area contributed by atoms with Gasteiger partial charge in [0, 0.05) is 5.69 Å². The number of methoxy groups -OCH3 is 1. The Labute approximate surface area is 205 Å². The first-order valence-electron chi connectivity index (χ1n) is 11.4. The average Bonchev–Trinajstić information content (AvgIpc) is 3.34. The second kappa shape index (κ2) is 9.97. The fourth-order valence-corrected chi connectivity index (χ4v) is 4.18. The Hall–Kier alpha value is -4.20. The molecular weight excluding hydrogens is 440 g/mol. The Bertz CT molecular complexity index is 1360. The van der Waals surface area contributed by atoms with Gasteiger partial charge in [-0.1, -0.05) is 24.3 Å². The lowest BCUT2D eigenvalue weighted by Crippen LogP contribution is -2.37. The highest BCUT2D eigenvalue weighted by Crippen LogP contribution is 2.23. The molecule has 0 aliphatic heterocycles. The highest BCUT2D eigenvalue weighted by Gasteiger charge is 2.22. The smallest absolute Gasteiger partial charge is 0.347 e. The van der Waals surface area contributed by atoms with Gasteiger partial charge in [-0.05, 0) is 48.2 Å². The summed E-state index contributed by atoms with van der Waals surface area (Å²) in [6.45, 7) is 2.06. The van der Waals surface area contributed by atoms with Crippen LogP contribution in [0, 0.1) is 6.92 Å². The lowest BCUT2D eigenvalue weighted by Gasteiger charge is -2.09. The number of imidazole rings is 2. The molecule has 2 aromatic carbocycles. The summed E-state index contributed by atoms with van der Waals surface area (Å²) >= 11 is 0. The monoisotopic (exact) mass is 472 g/mol. The van der Waals surface area contributed by atoms with E-state index in [2.05, 4.69) is 24.4 Å². The molecule has 0 atom stereocenters. The van der Waals surface area contributed by atoms with Crippen LogP contribution in [0.4, 0.5) is 11.4 Å². The van der Waals surface area contributed by atoms with Gasteiger partial charge in [0.15, 0.2) is 0 Å². The molecule has 4 rings (SSSR count). The van der Waals surface area contributed by atoms with Crippen molar-refractivity contribution in [3.8, 4) is 0 Å². The van der Waals surface area contributed by atoms with E-state index in [1.54, 1.807) is 16.2 Å². The van der Waals surface area contributed by atoms with Gasteiger partial charge in [-0.15, -0.1) is 0 Å². The van der Waals surface area contributed by atoms with E-state index in [1.165, 1.54) is 5.56 Å². The summed E-state index contributed by atoms with van der Waals surface area (Å²) in [6.07, 6.45) is 8.44. The van der Waals surface area contributed by atoms with Gasteiger partial charge in [0.1, 0.15) is 24.8 Å². The number of carbonyl (C=O) groups is 1. The molecule has 0 unspecified atom stereocenters. The molecule has 8 nitrogen and oxygen atoms in total. The number of rotatable bonds is 6. The highest BCUT2D eigenvalue weighted by atomic mass is 16.5. The first-order valence-corrected chi connectivity index (χ1v) is 11.4. The highest BCUT2D eigenvalue weighted by molar-refractivity contribution is 6.00. The number of nitrogens with zero attached hydrogens (tertiary/aromatic N) is 5. The zero-order valence-corrected chi connectivity index (χ0v) is 21.1. The van der Waals surface area contributed by atoms with Gasteiger partial charge in [0.25, 0.3) is 0 Å². The van der Waals surface area contributed by atoms with E-state index < -0.39 is 0 Å². The normalized spacial score (nSPS) is 11.5. The number of aryl methyl sites for hydroxylation is 5. The Morgan fingerprint density at radius 1 is 0.943 bits per heavy atom. The minimum atomic E-state index is -0.140. The Kier molecular flexibility index (Phi) is 6.82. The molecule has 4 aromatic rings. The number of aromatic nitrogens is 4. The van der Waals surface area contributed by atoms with Crippen LogP contribution in [-0.2, 0) is 39.3 Å². The number of anilines is 1. The Balaban J connectivity index is 1.46. The predicted octanol–water partition coefficient (Wildman–Crippen LogP) is 2.89. The number of amides is 1. The van der Waals surface area contributed by atoms with Crippen LogP contribution in [0.1, 0.15) is 33.1 Å². The van der Waals surface area contributed by atoms with Crippen LogP contribution >= 0.6 is 0 Å². The van der Waals surface area contributed by atoms with Crippen LogP contribution in [0.15, 0.2) is 72.2 Å². The standard InChI is InChI=1S/C27H31N6O2/c1-19-17-21(9-12-23(19)29-25(35-6)27-32(4)15-16-33(27)5)18-20-7-10-22(11-8-20)28-24(34)26-30(2)13-14-31(26)3/h7-17H,18H2,1-6H3/q+1/p+1. The van der Waals surface area contributed by atoms with Gasteiger partial charge < -0.3 is 10.1 Å². The SMILES string of the molecule is COC(=Nc1ccc(Cc2ccc(NC(=O)c3n(C)cc[n+]3C)cc2)cc1C)c1n(C)cc[n+]1C. The van der Waals surface area contributed by atoms with Crippen molar-refractivity contribution in [3.63, 3.8) is 0 Å². The fraction of sp³-hybridized carbons (Fsp3) is 0.259. The maximum Gasteiger partial charge on any atom is 0.347 e. The zero-order chi connectivity index (χ0) is 25.1. The zero-order valence-electron chi connectivity index (χ0n) is 21.1.